The Balaban J connectivity index is 1.99. The largest absolute Gasteiger partial charge is 0.480 e. The lowest BCUT2D eigenvalue weighted by atomic mass is 10.2. The van der Waals surface area contributed by atoms with Crippen LogP contribution in [0, 0.1) is 0 Å². The number of carboxylic acid groups (broad SMARTS) is 1. The van der Waals surface area contributed by atoms with Gasteiger partial charge < -0.3 is 10.0 Å². The SMILES string of the molecule is O=C(O)CN(C(=O)Cc1cccnc1)C1CC1. The maximum Gasteiger partial charge on any atom is 0.323 e. The van der Waals surface area contributed by atoms with E-state index in [2.05, 4.69) is 4.98 Å². The summed E-state index contributed by atoms with van der Waals surface area (Å²) in [7, 11) is 0. The zero-order valence-electron chi connectivity index (χ0n) is 9.37. The molecule has 0 radical (unpaired) electrons. The first kappa shape index (κ1) is 11.6. The van der Waals surface area contributed by atoms with Crippen molar-refractivity contribution < 1.29 is 14.7 Å². The van der Waals surface area contributed by atoms with Crippen molar-refractivity contribution in [2.24, 2.45) is 0 Å². The second-order valence-electron chi connectivity index (χ2n) is 4.18. The molecule has 90 valence electrons. The number of aromatic nitrogens is 1. The van der Waals surface area contributed by atoms with Crippen LogP contribution >= 0.6 is 0 Å². The van der Waals surface area contributed by atoms with Gasteiger partial charge in [-0.25, -0.2) is 0 Å². The summed E-state index contributed by atoms with van der Waals surface area (Å²) in [6, 6.07) is 3.70. The van der Waals surface area contributed by atoms with Gasteiger partial charge in [0.25, 0.3) is 0 Å². The summed E-state index contributed by atoms with van der Waals surface area (Å²) in [4.78, 5) is 28.0. The summed E-state index contributed by atoms with van der Waals surface area (Å²) >= 11 is 0. The fourth-order valence-corrected chi connectivity index (χ4v) is 1.73. The number of amides is 1. The molecule has 0 atom stereocenters. The minimum atomic E-state index is -0.962. The predicted molar refractivity (Wildman–Crippen MR) is 60.3 cm³/mol. The van der Waals surface area contributed by atoms with Gasteiger partial charge in [0.15, 0.2) is 0 Å². The quantitative estimate of drug-likeness (QED) is 0.814. The molecule has 0 bridgehead atoms. The Labute approximate surface area is 99.1 Å². The lowest BCUT2D eigenvalue weighted by Crippen LogP contribution is -2.38. The molecule has 17 heavy (non-hydrogen) atoms. The van der Waals surface area contributed by atoms with Gasteiger partial charge in [0.1, 0.15) is 6.54 Å². The highest BCUT2D eigenvalue weighted by Crippen LogP contribution is 2.27. The van der Waals surface area contributed by atoms with Gasteiger partial charge in [-0.15, -0.1) is 0 Å². The van der Waals surface area contributed by atoms with Gasteiger partial charge in [-0.1, -0.05) is 6.07 Å². The molecule has 0 aliphatic heterocycles. The molecule has 5 nitrogen and oxygen atoms in total. The van der Waals surface area contributed by atoms with Gasteiger partial charge in [0.05, 0.1) is 6.42 Å². The predicted octanol–water partition coefficient (Wildman–Crippen LogP) is 0.700. The van der Waals surface area contributed by atoms with Crippen molar-refractivity contribution in [3.05, 3.63) is 30.1 Å². The summed E-state index contributed by atoms with van der Waals surface area (Å²) in [5, 5.41) is 8.77. The van der Waals surface area contributed by atoms with E-state index in [1.54, 1.807) is 18.5 Å². The third kappa shape index (κ3) is 3.27. The van der Waals surface area contributed by atoms with Gasteiger partial charge in [-0.2, -0.15) is 0 Å². The molecule has 1 fully saturated rings. The van der Waals surface area contributed by atoms with E-state index < -0.39 is 5.97 Å². The van der Waals surface area contributed by atoms with Crippen molar-refractivity contribution in [1.82, 2.24) is 9.88 Å². The molecule has 1 aliphatic carbocycles. The minimum Gasteiger partial charge on any atom is -0.480 e. The molecule has 1 heterocycles. The monoisotopic (exact) mass is 234 g/mol. The van der Waals surface area contributed by atoms with Crippen LogP contribution in [0.5, 0.6) is 0 Å². The number of carboxylic acids is 1. The highest BCUT2D eigenvalue weighted by Gasteiger charge is 2.33. The van der Waals surface area contributed by atoms with Gasteiger partial charge in [0, 0.05) is 18.4 Å². The summed E-state index contributed by atoms with van der Waals surface area (Å²) in [6.07, 6.45) is 5.31. The minimum absolute atomic E-state index is 0.121. The van der Waals surface area contributed by atoms with E-state index >= 15 is 0 Å². The number of rotatable bonds is 5. The maximum absolute atomic E-state index is 12.0. The highest BCUT2D eigenvalue weighted by atomic mass is 16.4. The number of carbonyl (C=O) groups excluding carboxylic acids is 1. The topological polar surface area (TPSA) is 70.5 Å². The highest BCUT2D eigenvalue weighted by molar-refractivity contribution is 5.83. The molecule has 0 saturated heterocycles. The Hall–Kier alpha value is -1.91. The number of hydrogen-bond acceptors (Lipinski definition) is 3. The molecule has 1 saturated carbocycles. The van der Waals surface area contributed by atoms with Gasteiger partial charge in [0.2, 0.25) is 5.91 Å². The molecule has 2 rings (SSSR count). The lowest BCUT2D eigenvalue weighted by molar-refractivity contribution is -0.144. The van der Waals surface area contributed by atoms with Crippen molar-refractivity contribution in [1.29, 1.82) is 0 Å². The van der Waals surface area contributed by atoms with Crippen LogP contribution in [0.4, 0.5) is 0 Å². The summed E-state index contributed by atoms with van der Waals surface area (Å²) in [6.45, 7) is -0.205. The van der Waals surface area contributed by atoms with Gasteiger partial charge >= 0.3 is 5.97 Å². The van der Waals surface area contributed by atoms with Crippen LogP contribution in [0.3, 0.4) is 0 Å². The molecular weight excluding hydrogens is 220 g/mol. The lowest BCUT2D eigenvalue weighted by Gasteiger charge is -2.20. The number of carbonyl (C=O) groups is 2. The van der Waals surface area contributed by atoms with E-state index in [9.17, 15) is 9.59 Å². The van der Waals surface area contributed by atoms with Crippen LogP contribution in [0.2, 0.25) is 0 Å². The fraction of sp³-hybridized carbons (Fsp3) is 0.417. The zero-order valence-corrected chi connectivity index (χ0v) is 9.37. The van der Waals surface area contributed by atoms with E-state index in [0.717, 1.165) is 18.4 Å². The summed E-state index contributed by atoms with van der Waals surface area (Å²) in [5.74, 6) is -1.10. The van der Waals surface area contributed by atoms with Crippen molar-refractivity contribution >= 4 is 11.9 Å². The molecule has 0 spiro atoms. The zero-order chi connectivity index (χ0) is 12.3. The number of pyridine rings is 1. The molecule has 0 aromatic carbocycles. The Kier molecular flexibility index (Phi) is 3.37. The first-order valence-corrected chi connectivity index (χ1v) is 5.57. The molecule has 1 amide bonds. The van der Waals surface area contributed by atoms with Crippen LogP contribution in [-0.2, 0) is 16.0 Å². The average molecular weight is 234 g/mol. The van der Waals surface area contributed by atoms with Crippen LogP contribution in [-0.4, -0.2) is 39.5 Å². The van der Waals surface area contributed by atoms with E-state index in [-0.39, 0.29) is 24.9 Å². The third-order valence-corrected chi connectivity index (χ3v) is 2.69. The second kappa shape index (κ2) is 4.95. The van der Waals surface area contributed by atoms with Crippen LogP contribution < -0.4 is 0 Å². The smallest absolute Gasteiger partial charge is 0.323 e. The molecule has 0 unspecified atom stereocenters. The normalized spacial score (nSPS) is 14.4. The number of nitrogens with zero attached hydrogens (tertiary/aromatic N) is 2. The van der Waals surface area contributed by atoms with Crippen LogP contribution in [0.15, 0.2) is 24.5 Å². The first-order chi connectivity index (χ1) is 8.16. The number of hydrogen-bond donors (Lipinski definition) is 1. The first-order valence-electron chi connectivity index (χ1n) is 5.57. The van der Waals surface area contributed by atoms with Crippen molar-refractivity contribution in [2.75, 3.05) is 6.54 Å². The standard InChI is InChI=1S/C12H14N2O3/c15-11(6-9-2-1-5-13-7-9)14(8-12(16)17)10-3-4-10/h1-2,5,7,10H,3-4,6,8H2,(H,16,17). The second-order valence-corrected chi connectivity index (χ2v) is 4.18. The third-order valence-electron chi connectivity index (χ3n) is 2.69. The van der Waals surface area contributed by atoms with E-state index in [1.165, 1.54) is 4.90 Å². The molecule has 1 aromatic rings. The van der Waals surface area contributed by atoms with E-state index in [4.69, 9.17) is 5.11 Å². The Morgan fingerprint density at radius 3 is 2.76 bits per heavy atom. The van der Waals surface area contributed by atoms with Crippen molar-refractivity contribution in [3.8, 4) is 0 Å². The van der Waals surface area contributed by atoms with E-state index in [1.807, 2.05) is 6.07 Å². The van der Waals surface area contributed by atoms with E-state index in [0.29, 0.717) is 0 Å². The van der Waals surface area contributed by atoms with Crippen molar-refractivity contribution in [3.63, 3.8) is 0 Å². The molecular formula is C12H14N2O3. The average Bonchev–Trinajstić information content (AvgIpc) is 3.10. The fourth-order valence-electron chi connectivity index (χ4n) is 1.73. The van der Waals surface area contributed by atoms with Gasteiger partial charge in [-0.3, -0.25) is 14.6 Å². The molecule has 1 aliphatic rings. The molecule has 5 heteroatoms. The van der Waals surface area contributed by atoms with Crippen LogP contribution in [0.1, 0.15) is 18.4 Å². The molecule has 1 aromatic heterocycles. The molecule has 1 N–H and O–H groups in total. The van der Waals surface area contributed by atoms with Gasteiger partial charge in [-0.05, 0) is 24.5 Å². The maximum atomic E-state index is 12.0. The van der Waals surface area contributed by atoms with Crippen LogP contribution in [0.25, 0.3) is 0 Å². The Bertz CT molecular complexity index is 415. The Morgan fingerprint density at radius 2 is 2.24 bits per heavy atom. The van der Waals surface area contributed by atoms with Crippen molar-refractivity contribution in [2.45, 2.75) is 25.3 Å². The summed E-state index contributed by atoms with van der Waals surface area (Å²) < 4.78 is 0. The number of aliphatic carboxylic acids is 1. The summed E-state index contributed by atoms with van der Waals surface area (Å²) in [5.41, 5.74) is 0.813. The Morgan fingerprint density at radius 1 is 1.47 bits per heavy atom.